The van der Waals surface area contributed by atoms with Crippen molar-refractivity contribution in [1.29, 1.82) is 0 Å². The van der Waals surface area contributed by atoms with E-state index in [1.807, 2.05) is 19.0 Å². The van der Waals surface area contributed by atoms with Gasteiger partial charge in [-0.15, -0.1) is 0 Å². The number of carbonyl (C=O) groups excluding carboxylic acids is 2. The molecule has 2 N–H and O–H groups in total. The van der Waals surface area contributed by atoms with Crippen molar-refractivity contribution in [3.05, 3.63) is 41.5 Å². The van der Waals surface area contributed by atoms with Gasteiger partial charge in [-0.05, 0) is 39.2 Å². The highest BCUT2D eigenvalue weighted by molar-refractivity contribution is 6.16. The number of hydrogen-bond donors (Lipinski definition) is 2. The number of anilines is 3. The molecule has 3 aromatic rings. The van der Waals surface area contributed by atoms with E-state index >= 15 is 0 Å². The number of alkyl halides is 3. The van der Waals surface area contributed by atoms with E-state index in [4.69, 9.17) is 0 Å². The third-order valence-corrected chi connectivity index (χ3v) is 4.97. The first-order chi connectivity index (χ1) is 15.9. The fraction of sp³-hybridized carbons (Fsp3) is 0.333. The molecule has 0 aliphatic heterocycles. The molecule has 0 radical (unpaired) electrons. The van der Waals surface area contributed by atoms with Crippen molar-refractivity contribution in [2.75, 3.05) is 42.7 Å². The van der Waals surface area contributed by atoms with E-state index in [2.05, 4.69) is 20.7 Å². The third kappa shape index (κ3) is 5.09. The molecule has 0 aliphatic rings. The maximum Gasteiger partial charge on any atom is 0.419 e. The number of benzene rings is 1. The predicted molar refractivity (Wildman–Crippen MR) is 119 cm³/mol. The summed E-state index contributed by atoms with van der Waals surface area (Å²) in [6, 6.07) is 0.964. The van der Waals surface area contributed by atoms with E-state index < -0.39 is 23.6 Å². The average molecular weight is 481 g/mol. The van der Waals surface area contributed by atoms with Crippen LogP contribution in [-0.4, -0.2) is 59.3 Å². The first-order valence-corrected chi connectivity index (χ1v) is 10.1. The van der Waals surface area contributed by atoms with Crippen LogP contribution in [-0.2, 0) is 18.0 Å². The molecule has 0 unspecified atom stereocenters. The zero-order valence-corrected chi connectivity index (χ0v) is 18.9. The molecule has 0 spiro atoms. The monoisotopic (exact) mass is 481 g/mol. The van der Waals surface area contributed by atoms with Crippen LogP contribution < -0.4 is 15.5 Å². The Morgan fingerprint density at radius 1 is 1.26 bits per heavy atom. The summed E-state index contributed by atoms with van der Waals surface area (Å²) >= 11 is 0. The maximum atomic E-state index is 13.6. The second kappa shape index (κ2) is 9.63. The molecule has 0 aliphatic carbocycles. The zero-order chi connectivity index (χ0) is 25.2. The van der Waals surface area contributed by atoms with E-state index in [0.29, 0.717) is 52.5 Å². The van der Waals surface area contributed by atoms with Gasteiger partial charge in [-0.25, -0.2) is 19.1 Å². The fourth-order valence-electron chi connectivity index (χ4n) is 3.39. The maximum absolute atomic E-state index is 13.6. The summed E-state index contributed by atoms with van der Waals surface area (Å²) < 4.78 is 54.2. The number of urea groups is 1. The highest BCUT2D eigenvalue weighted by Crippen LogP contribution is 2.35. The Morgan fingerprint density at radius 2 is 1.97 bits per heavy atom. The Labute approximate surface area is 192 Å². The molecule has 13 heteroatoms. The van der Waals surface area contributed by atoms with Crippen LogP contribution in [0.2, 0.25) is 0 Å². The van der Waals surface area contributed by atoms with Gasteiger partial charge in [0, 0.05) is 25.8 Å². The Morgan fingerprint density at radius 3 is 2.59 bits per heavy atom. The number of halogens is 4. The lowest BCUT2D eigenvalue weighted by Gasteiger charge is -2.22. The lowest BCUT2D eigenvalue weighted by molar-refractivity contribution is -0.139. The number of rotatable bonds is 7. The largest absolute Gasteiger partial charge is 0.419 e. The number of nitrogens with one attached hydrogen (secondary N) is 2. The molecule has 3 amide bonds. The summed E-state index contributed by atoms with van der Waals surface area (Å²) in [5.41, 5.74) is -0.280. The van der Waals surface area contributed by atoms with Crippen molar-refractivity contribution in [2.45, 2.75) is 13.1 Å². The molecule has 34 heavy (non-hydrogen) atoms. The molecule has 9 nitrogen and oxygen atoms in total. The third-order valence-electron chi connectivity index (χ3n) is 4.97. The van der Waals surface area contributed by atoms with Gasteiger partial charge in [-0.2, -0.15) is 18.3 Å². The number of likely N-dealkylation sites (N-methyl/N-ethyl adjacent to an activating group) is 1. The normalized spacial score (nSPS) is 11.7. The Kier molecular flexibility index (Phi) is 7.05. The number of hydrogen-bond acceptors (Lipinski definition) is 6. The van der Waals surface area contributed by atoms with E-state index in [-0.39, 0.29) is 17.8 Å². The Balaban J connectivity index is 2.00. The van der Waals surface area contributed by atoms with Crippen LogP contribution in [0.1, 0.15) is 11.3 Å². The smallest absolute Gasteiger partial charge is 0.381 e. The average Bonchev–Trinajstić information content (AvgIpc) is 3.03. The van der Waals surface area contributed by atoms with Gasteiger partial charge in [0.2, 0.25) is 6.41 Å². The molecular weight excluding hydrogens is 458 g/mol. The molecule has 3 rings (SSSR count). The molecule has 1 aromatic carbocycles. The topological polar surface area (TPSA) is 95.4 Å². The first kappa shape index (κ1) is 24.9. The van der Waals surface area contributed by atoms with E-state index in [1.54, 1.807) is 18.7 Å². The van der Waals surface area contributed by atoms with Crippen LogP contribution in [0.4, 0.5) is 39.4 Å². The second-order valence-corrected chi connectivity index (χ2v) is 7.75. The molecule has 0 saturated carbocycles. The van der Waals surface area contributed by atoms with Gasteiger partial charge < -0.3 is 15.5 Å². The number of pyridine rings is 1. The zero-order valence-electron chi connectivity index (χ0n) is 18.9. The van der Waals surface area contributed by atoms with Crippen LogP contribution >= 0.6 is 0 Å². The van der Waals surface area contributed by atoms with Crippen molar-refractivity contribution in [3.8, 4) is 0 Å². The molecule has 2 aromatic heterocycles. The summed E-state index contributed by atoms with van der Waals surface area (Å²) in [6.45, 7) is 2.83. The fourth-order valence-corrected chi connectivity index (χ4v) is 3.39. The number of imide groups is 1. The Bertz CT molecular complexity index is 1220. The summed E-state index contributed by atoms with van der Waals surface area (Å²) in [4.78, 5) is 31.7. The van der Waals surface area contributed by atoms with Gasteiger partial charge in [-0.1, -0.05) is 0 Å². The van der Waals surface area contributed by atoms with Crippen molar-refractivity contribution in [1.82, 2.24) is 19.7 Å². The van der Waals surface area contributed by atoms with E-state index in [1.165, 1.54) is 6.20 Å². The lowest BCUT2D eigenvalue weighted by atomic mass is 10.1. The van der Waals surface area contributed by atoms with E-state index in [0.717, 1.165) is 6.07 Å². The van der Waals surface area contributed by atoms with Gasteiger partial charge in [0.15, 0.2) is 5.65 Å². The van der Waals surface area contributed by atoms with Crippen LogP contribution in [0.3, 0.4) is 0 Å². The number of aromatic nitrogens is 3. The highest BCUT2D eigenvalue weighted by atomic mass is 19.4. The molecule has 0 fully saturated rings. The van der Waals surface area contributed by atoms with Crippen LogP contribution in [0.25, 0.3) is 11.0 Å². The SMILES string of the molecule is Cc1nn(C)c2ncc(N(C=O)C(=O)Nc3ccc(F)c(C(F)(F)F)c3)c(NCCN(C)C)c12. The van der Waals surface area contributed by atoms with Gasteiger partial charge in [-0.3, -0.25) is 9.48 Å². The van der Waals surface area contributed by atoms with Crippen LogP contribution in [0, 0.1) is 12.7 Å². The van der Waals surface area contributed by atoms with Crippen molar-refractivity contribution in [3.63, 3.8) is 0 Å². The minimum Gasteiger partial charge on any atom is -0.381 e. The van der Waals surface area contributed by atoms with Gasteiger partial charge in [0.05, 0.1) is 34.2 Å². The van der Waals surface area contributed by atoms with Gasteiger partial charge >= 0.3 is 12.2 Å². The minimum atomic E-state index is -4.95. The second-order valence-electron chi connectivity index (χ2n) is 7.75. The van der Waals surface area contributed by atoms with Gasteiger partial charge in [0.1, 0.15) is 5.82 Å². The van der Waals surface area contributed by atoms with E-state index in [9.17, 15) is 27.2 Å². The molecule has 182 valence electrons. The van der Waals surface area contributed by atoms with Crippen molar-refractivity contribution < 1.29 is 27.2 Å². The molecule has 0 atom stereocenters. The number of amides is 3. The quantitative estimate of drug-likeness (QED) is 0.396. The van der Waals surface area contributed by atoms with Crippen LogP contribution in [0.5, 0.6) is 0 Å². The number of carbonyl (C=O) groups is 2. The number of aryl methyl sites for hydroxylation is 2. The predicted octanol–water partition coefficient (Wildman–Crippen LogP) is 3.60. The first-order valence-electron chi connectivity index (χ1n) is 10.1. The molecule has 0 bridgehead atoms. The van der Waals surface area contributed by atoms with Crippen molar-refractivity contribution in [2.24, 2.45) is 7.05 Å². The Hall–Kier alpha value is -3.74. The molecule has 0 saturated heterocycles. The minimum absolute atomic E-state index is 0.0769. The summed E-state index contributed by atoms with van der Waals surface area (Å²) in [5.74, 6) is -1.48. The molecule has 2 heterocycles. The van der Waals surface area contributed by atoms with Gasteiger partial charge in [0.25, 0.3) is 0 Å². The van der Waals surface area contributed by atoms with Crippen LogP contribution in [0.15, 0.2) is 24.4 Å². The summed E-state index contributed by atoms with van der Waals surface area (Å²) in [6.07, 6.45) is -3.44. The summed E-state index contributed by atoms with van der Waals surface area (Å²) in [5, 5.41) is 10.3. The lowest BCUT2D eigenvalue weighted by Crippen LogP contribution is -2.35. The molecular formula is C21H23F4N7O2. The standard InChI is InChI=1S/C21H23F4N7O2/c1-12-17-18(26-7-8-30(2)3)16(10-27-19(17)31(4)29-12)32(11-33)20(34)28-13-5-6-15(22)14(9-13)21(23,24)25/h5-6,9-11H,7-8H2,1-4H3,(H,26,27)(H,28,34). The summed E-state index contributed by atoms with van der Waals surface area (Å²) in [7, 11) is 5.45. The van der Waals surface area contributed by atoms with Crippen molar-refractivity contribution >= 4 is 40.5 Å². The number of fused-ring (bicyclic) bond motifs is 1. The number of nitrogens with zero attached hydrogens (tertiary/aromatic N) is 5. The highest BCUT2D eigenvalue weighted by Gasteiger charge is 2.34.